The van der Waals surface area contributed by atoms with Crippen LogP contribution in [-0.4, -0.2) is 34.9 Å². The number of carbonyl (C=O) groups excluding carboxylic acids is 2. The van der Waals surface area contributed by atoms with Gasteiger partial charge in [-0.15, -0.1) is 5.10 Å². The number of hydrazone groups is 1. The summed E-state index contributed by atoms with van der Waals surface area (Å²) in [4.78, 5) is 28.8. The van der Waals surface area contributed by atoms with Gasteiger partial charge in [0, 0.05) is 36.6 Å². The topological polar surface area (TPSA) is 90.3 Å². The summed E-state index contributed by atoms with van der Waals surface area (Å²) in [6, 6.07) is 10.8. The van der Waals surface area contributed by atoms with Crippen molar-refractivity contribution in [3.8, 4) is 11.5 Å². The van der Waals surface area contributed by atoms with Crippen molar-refractivity contribution in [1.82, 2.24) is 9.99 Å². The van der Waals surface area contributed by atoms with Crippen molar-refractivity contribution in [2.24, 2.45) is 5.10 Å². The van der Waals surface area contributed by atoms with Crippen LogP contribution in [0.5, 0.6) is 11.5 Å². The zero-order valence-corrected chi connectivity index (χ0v) is 19.7. The second kappa shape index (κ2) is 8.88. The van der Waals surface area contributed by atoms with Gasteiger partial charge in [-0.05, 0) is 19.1 Å². The molecule has 2 heterocycles. The van der Waals surface area contributed by atoms with E-state index in [4.69, 9.17) is 37.4 Å². The van der Waals surface area contributed by atoms with E-state index in [1.807, 2.05) is 37.3 Å². The highest BCUT2D eigenvalue weighted by Gasteiger charge is 2.38. The van der Waals surface area contributed by atoms with Crippen LogP contribution in [0, 0.1) is 6.92 Å². The molecule has 10 heteroatoms. The number of methoxy groups -OCH3 is 1. The number of nitrogens with zero attached hydrogens (tertiary/aromatic N) is 3. The van der Waals surface area contributed by atoms with E-state index in [-0.39, 0.29) is 38.9 Å². The standard InChI is InChI=1S/C23H19Cl2N3O5/c1-11-9-15(14-7-5-6-8-17(14)26-11)23-28(12(2)29)27-22(33-23)19-20(25)16(24)10-18(31-4)21(19)32-13(3)30/h5-10,23H,1-4H3/t23-/m0/s1. The van der Waals surface area contributed by atoms with Crippen LogP contribution in [0.25, 0.3) is 10.9 Å². The first-order chi connectivity index (χ1) is 15.7. The molecular weight excluding hydrogens is 469 g/mol. The molecule has 0 unspecified atom stereocenters. The number of rotatable bonds is 4. The lowest BCUT2D eigenvalue weighted by molar-refractivity contribution is -0.135. The van der Waals surface area contributed by atoms with Gasteiger partial charge >= 0.3 is 5.97 Å². The molecule has 0 bridgehead atoms. The van der Waals surface area contributed by atoms with Crippen LogP contribution in [0.15, 0.2) is 41.5 Å². The van der Waals surface area contributed by atoms with Gasteiger partial charge in [0.15, 0.2) is 11.5 Å². The van der Waals surface area contributed by atoms with Crippen LogP contribution >= 0.6 is 23.2 Å². The largest absolute Gasteiger partial charge is 0.493 e. The Hall–Kier alpha value is -3.36. The van der Waals surface area contributed by atoms with Gasteiger partial charge in [0.05, 0.1) is 22.7 Å². The average molecular weight is 488 g/mol. The third kappa shape index (κ3) is 4.19. The maximum Gasteiger partial charge on any atom is 0.308 e. The van der Waals surface area contributed by atoms with E-state index >= 15 is 0 Å². The first-order valence-corrected chi connectivity index (χ1v) is 10.6. The number of para-hydroxylation sites is 1. The third-order valence-corrected chi connectivity index (χ3v) is 5.71. The summed E-state index contributed by atoms with van der Waals surface area (Å²) in [5.41, 5.74) is 2.27. The number of amides is 1. The number of esters is 1. The van der Waals surface area contributed by atoms with Crippen LogP contribution in [0.2, 0.25) is 10.0 Å². The van der Waals surface area contributed by atoms with Crippen molar-refractivity contribution in [1.29, 1.82) is 0 Å². The number of hydrogen-bond donors (Lipinski definition) is 0. The molecule has 1 aliphatic rings. The van der Waals surface area contributed by atoms with E-state index in [1.54, 1.807) is 0 Å². The lowest BCUT2D eigenvalue weighted by Gasteiger charge is -2.21. The van der Waals surface area contributed by atoms with Crippen molar-refractivity contribution in [3.63, 3.8) is 0 Å². The normalized spacial score (nSPS) is 15.3. The summed E-state index contributed by atoms with van der Waals surface area (Å²) >= 11 is 12.8. The molecular formula is C23H19Cl2N3O5. The van der Waals surface area contributed by atoms with Gasteiger partial charge in [-0.25, -0.2) is 0 Å². The van der Waals surface area contributed by atoms with Crippen molar-refractivity contribution in [2.45, 2.75) is 27.0 Å². The maximum absolute atomic E-state index is 12.5. The van der Waals surface area contributed by atoms with E-state index in [1.165, 1.54) is 32.0 Å². The predicted octanol–water partition coefficient (Wildman–Crippen LogP) is 5.02. The summed E-state index contributed by atoms with van der Waals surface area (Å²) in [6.45, 7) is 4.45. The molecule has 1 amide bonds. The van der Waals surface area contributed by atoms with Crippen molar-refractivity contribution < 1.29 is 23.8 Å². The molecule has 0 saturated carbocycles. The van der Waals surface area contributed by atoms with Gasteiger partial charge < -0.3 is 14.2 Å². The first kappa shape index (κ1) is 22.8. The highest BCUT2D eigenvalue weighted by Crippen LogP contribution is 2.44. The summed E-state index contributed by atoms with van der Waals surface area (Å²) in [7, 11) is 1.39. The Morgan fingerprint density at radius 1 is 1.15 bits per heavy atom. The minimum absolute atomic E-state index is 0.0157. The lowest BCUT2D eigenvalue weighted by Crippen LogP contribution is -2.25. The fourth-order valence-corrected chi connectivity index (χ4v) is 4.00. The van der Waals surface area contributed by atoms with E-state index in [9.17, 15) is 9.59 Å². The zero-order chi connectivity index (χ0) is 23.9. The minimum Gasteiger partial charge on any atom is -0.493 e. The van der Waals surface area contributed by atoms with E-state index < -0.39 is 12.2 Å². The molecule has 1 atom stereocenters. The monoisotopic (exact) mass is 487 g/mol. The molecule has 170 valence electrons. The molecule has 0 aliphatic carbocycles. The van der Waals surface area contributed by atoms with E-state index in [2.05, 4.69) is 10.1 Å². The predicted molar refractivity (Wildman–Crippen MR) is 124 cm³/mol. The Labute approximate surface area is 199 Å². The number of carbonyl (C=O) groups is 2. The fraction of sp³-hybridized carbons (Fsp3) is 0.217. The third-order valence-electron chi connectivity index (χ3n) is 4.93. The Bertz CT molecular complexity index is 1330. The van der Waals surface area contributed by atoms with Crippen LogP contribution in [-0.2, 0) is 14.3 Å². The lowest BCUT2D eigenvalue weighted by atomic mass is 10.1. The minimum atomic E-state index is -0.907. The zero-order valence-electron chi connectivity index (χ0n) is 18.2. The Morgan fingerprint density at radius 2 is 1.88 bits per heavy atom. The van der Waals surface area contributed by atoms with Crippen LogP contribution in [0.1, 0.15) is 36.9 Å². The maximum atomic E-state index is 12.5. The number of fused-ring (bicyclic) bond motifs is 1. The van der Waals surface area contributed by atoms with Gasteiger partial charge in [-0.2, -0.15) is 5.01 Å². The molecule has 3 aromatic rings. The summed E-state index contributed by atoms with van der Waals surface area (Å²) in [5.74, 6) is -0.882. The second-order valence-electron chi connectivity index (χ2n) is 7.28. The highest BCUT2D eigenvalue weighted by atomic mass is 35.5. The Kier molecular flexibility index (Phi) is 6.14. The second-order valence-corrected chi connectivity index (χ2v) is 8.07. The molecule has 2 aromatic carbocycles. The first-order valence-electron chi connectivity index (χ1n) is 9.87. The summed E-state index contributed by atoms with van der Waals surface area (Å²) in [5, 5.41) is 6.52. The number of ether oxygens (including phenoxy) is 3. The highest BCUT2D eigenvalue weighted by molar-refractivity contribution is 6.44. The van der Waals surface area contributed by atoms with Crippen LogP contribution < -0.4 is 9.47 Å². The van der Waals surface area contributed by atoms with Crippen LogP contribution in [0.4, 0.5) is 0 Å². The van der Waals surface area contributed by atoms with Gasteiger partial charge in [0.1, 0.15) is 5.56 Å². The molecule has 8 nitrogen and oxygen atoms in total. The SMILES string of the molecule is COc1cc(Cl)c(Cl)c(C2=NN(C(C)=O)[C@H](c3cc(C)nc4ccccc34)O2)c1OC(C)=O. The van der Waals surface area contributed by atoms with E-state index in [0.29, 0.717) is 5.56 Å². The fourth-order valence-electron chi connectivity index (χ4n) is 3.59. The van der Waals surface area contributed by atoms with Gasteiger partial charge in [-0.3, -0.25) is 14.6 Å². The number of benzene rings is 2. The van der Waals surface area contributed by atoms with Crippen molar-refractivity contribution in [3.05, 3.63) is 63.3 Å². The molecule has 0 fully saturated rings. The molecule has 0 saturated heterocycles. The number of hydrogen-bond acceptors (Lipinski definition) is 7. The quantitative estimate of drug-likeness (QED) is 0.378. The molecule has 0 spiro atoms. The number of aromatic nitrogens is 1. The van der Waals surface area contributed by atoms with Gasteiger partial charge in [-0.1, -0.05) is 41.4 Å². The Balaban J connectivity index is 1.90. The Morgan fingerprint density at radius 3 is 2.55 bits per heavy atom. The number of halogens is 2. The molecule has 1 aromatic heterocycles. The molecule has 4 rings (SSSR count). The molecule has 1 aliphatic heterocycles. The summed E-state index contributed by atoms with van der Waals surface area (Å²) < 4.78 is 16.8. The van der Waals surface area contributed by atoms with Crippen molar-refractivity contribution >= 4 is 51.9 Å². The van der Waals surface area contributed by atoms with E-state index in [0.717, 1.165) is 16.6 Å². The molecule has 33 heavy (non-hydrogen) atoms. The summed E-state index contributed by atoms with van der Waals surface area (Å²) in [6.07, 6.45) is -0.907. The van der Waals surface area contributed by atoms with Gasteiger partial charge in [0.25, 0.3) is 0 Å². The van der Waals surface area contributed by atoms with Gasteiger partial charge in [0.2, 0.25) is 18.0 Å². The average Bonchev–Trinajstić information content (AvgIpc) is 3.20. The molecule has 0 radical (unpaired) electrons. The van der Waals surface area contributed by atoms with Crippen LogP contribution in [0.3, 0.4) is 0 Å². The number of pyridine rings is 1. The smallest absolute Gasteiger partial charge is 0.308 e. The molecule has 0 N–H and O–H groups in total. The number of aryl methyl sites for hydroxylation is 1. The van der Waals surface area contributed by atoms with Crippen molar-refractivity contribution in [2.75, 3.05) is 7.11 Å².